The summed E-state index contributed by atoms with van der Waals surface area (Å²) in [7, 11) is -3.62. The molecule has 0 spiro atoms. The summed E-state index contributed by atoms with van der Waals surface area (Å²) in [6, 6.07) is 13.0. The van der Waals surface area contributed by atoms with Gasteiger partial charge in [0.15, 0.2) is 0 Å². The lowest BCUT2D eigenvalue weighted by Crippen LogP contribution is -2.23. The van der Waals surface area contributed by atoms with Crippen LogP contribution in [-0.4, -0.2) is 25.9 Å². The highest BCUT2D eigenvalue weighted by molar-refractivity contribution is 9.10. The average Bonchev–Trinajstić information content (AvgIpc) is 2.67. The summed E-state index contributed by atoms with van der Waals surface area (Å²) >= 11 is 3.41. The van der Waals surface area contributed by atoms with E-state index in [1.54, 1.807) is 12.3 Å². The van der Waals surface area contributed by atoms with Crippen molar-refractivity contribution in [2.75, 3.05) is 11.9 Å². The first-order chi connectivity index (χ1) is 12.9. The molecule has 3 aromatic rings. The predicted octanol–water partition coefficient (Wildman–Crippen LogP) is 3.71. The van der Waals surface area contributed by atoms with Crippen molar-refractivity contribution in [1.82, 2.24) is 9.71 Å². The monoisotopic (exact) mass is 445 g/mol. The Balaban J connectivity index is 1.83. The van der Waals surface area contributed by atoms with Gasteiger partial charge in [-0.15, -0.1) is 6.58 Å². The molecular weight excluding hydrogens is 430 g/mol. The fourth-order valence-corrected chi connectivity index (χ4v) is 3.82. The fourth-order valence-electron chi connectivity index (χ4n) is 2.46. The number of rotatable bonds is 6. The Morgan fingerprint density at radius 2 is 1.89 bits per heavy atom. The maximum absolute atomic E-state index is 12.6. The summed E-state index contributed by atoms with van der Waals surface area (Å²) in [6.45, 7) is 3.61. The van der Waals surface area contributed by atoms with Crippen LogP contribution in [0.1, 0.15) is 10.4 Å². The van der Waals surface area contributed by atoms with Crippen molar-refractivity contribution in [2.24, 2.45) is 0 Å². The number of carbonyl (C=O) groups excluding carboxylic acids is 1. The summed E-state index contributed by atoms with van der Waals surface area (Å²) in [4.78, 5) is 16.9. The van der Waals surface area contributed by atoms with Gasteiger partial charge in [-0.3, -0.25) is 9.78 Å². The number of aromatic nitrogens is 1. The molecule has 6 nitrogen and oxygen atoms in total. The van der Waals surface area contributed by atoms with Crippen LogP contribution in [0.5, 0.6) is 0 Å². The molecule has 2 N–H and O–H groups in total. The largest absolute Gasteiger partial charge is 0.321 e. The molecule has 138 valence electrons. The van der Waals surface area contributed by atoms with Crippen LogP contribution in [0.4, 0.5) is 5.69 Å². The van der Waals surface area contributed by atoms with Gasteiger partial charge in [-0.05, 0) is 48.5 Å². The molecule has 0 aliphatic carbocycles. The SMILES string of the molecule is C=CCNS(=O)(=O)c1ccc(C(=O)Nc2ccnc3ccc(Br)cc23)cc1. The van der Waals surface area contributed by atoms with Crippen LogP contribution in [0, 0.1) is 0 Å². The predicted molar refractivity (Wildman–Crippen MR) is 109 cm³/mol. The molecule has 8 heteroatoms. The minimum absolute atomic E-state index is 0.0826. The molecule has 0 saturated heterocycles. The Kier molecular flexibility index (Phi) is 5.69. The lowest BCUT2D eigenvalue weighted by Gasteiger charge is -2.10. The van der Waals surface area contributed by atoms with E-state index < -0.39 is 10.0 Å². The second-order valence-electron chi connectivity index (χ2n) is 5.64. The number of halogens is 1. The number of benzene rings is 2. The second kappa shape index (κ2) is 7.99. The van der Waals surface area contributed by atoms with Crippen LogP contribution in [0.15, 0.2) is 76.8 Å². The minimum Gasteiger partial charge on any atom is -0.321 e. The van der Waals surface area contributed by atoms with Gasteiger partial charge in [-0.25, -0.2) is 13.1 Å². The van der Waals surface area contributed by atoms with E-state index in [1.165, 1.54) is 30.3 Å². The maximum atomic E-state index is 12.6. The molecule has 27 heavy (non-hydrogen) atoms. The molecule has 0 aliphatic rings. The van der Waals surface area contributed by atoms with Crippen molar-refractivity contribution in [2.45, 2.75) is 4.90 Å². The third-order valence-electron chi connectivity index (χ3n) is 3.80. The zero-order chi connectivity index (χ0) is 19.4. The van der Waals surface area contributed by atoms with E-state index in [0.717, 1.165) is 15.4 Å². The van der Waals surface area contributed by atoms with Crippen LogP contribution in [-0.2, 0) is 10.0 Å². The number of hydrogen-bond acceptors (Lipinski definition) is 4. The normalized spacial score (nSPS) is 11.3. The van der Waals surface area contributed by atoms with Crippen molar-refractivity contribution >= 4 is 48.5 Å². The number of nitrogens with zero attached hydrogens (tertiary/aromatic N) is 1. The van der Waals surface area contributed by atoms with Crippen molar-refractivity contribution in [3.8, 4) is 0 Å². The van der Waals surface area contributed by atoms with Gasteiger partial charge in [0.05, 0.1) is 16.1 Å². The Hall–Kier alpha value is -2.55. The highest BCUT2D eigenvalue weighted by atomic mass is 79.9. The molecule has 2 aromatic carbocycles. The Labute approximate surface area is 165 Å². The first-order valence-corrected chi connectivity index (χ1v) is 10.2. The van der Waals surface area contributed by atoms with Crippen molar-refractivity contribution < 1.29 is 13.2 Å². The van der Waals surface area contributed by atoms with Crippen LogP contribution in [0.3, 0.4) is 0 Å². The molecule has 0 fully saturated rings. The Morgan fingerprint density at radius 1 is 1.15 bits per heavy atom. The molecule has 1 heterocycles. The van der Waals surface area contributed by atoms with Gasteiger partial charge >= 0.3 is 0 Å². The summed E-state index contributed by atoms with van der Waals surface area (Å²) < 4.78 is 27.4. The molecule has 0 unspecified atom stereocenters. The van der Waals surface area contributed by atoms with Crippen molar-refractivity contribution in [3.05, 3.63) is 77.4 Å². The first kappa shape index (κ1) is 19.2. The molecule has 3 rings (SSSR count). The molecular formula is C19H16BrN3O3S. The molecule has 1 amide bonds. The van der Waals surface area contributed by atoms with Gasteiger partial charge in [0.25, 0.3) is 5.91 Å². The number of pyridine rings is 1. The van der Waals surface area contributed by atoms with E-state index in [0.29, 0.717) is 11.3 Å². The number of amides is 1. The average molecular weight is 446 g/mol. The quantitative estimate of drug-likeness (QED) is 0.565. The minimum atomic E-state index is -3.62. The van der Waals surface area contributed by atoms with Crippen molar-refractivity contribution in [1.29, 1.82) is 0 Å². The standard InChI is InChI=1S/C19H16BrN3O3S/c1-2-10-22-27(25,26)15-6-3-13(4-7-15)19(24)23-18-9-11-21-17-8-5-14(20)12-16(17)18/h2-9,11-12,22H,1,10H2,(H,21,23,24). The third kappa shape index (κ3) is 4.41. The van der Waals surface area contributed by atoms with E-state index in [2.05, 4.69) is 37.5 Å². The van der Waals surface area contributed by atoms with Crippen molar-refractivity contribution in [3.63, 3.8) is 0 Å². The van der Waals surface area contributed by atoms with E-state index in [9.17, 15) is 13.2 Å². The van der Waals surface area contributed by atoms with E-state index in [1.807, 2.05) is 18.2 Å². The first-order valence-electron chi connectivity index (χ1n) is 7.97. The number of anilines is 1. The Bertz CT molecular complexity index is 1110. The van der Waals surface area contributed by atoms with E-state index >= 15 is 0 Å². The Morgan fingerprint density at radius 3 is 2.59 bits per heavy atom. The highest BCUT2D eigenvalue weighted by Crippen LogP contribution is 2.25. The fraction of sp³-hybridized carbons (Fsp3) is 0.0526. The topological polar surface area (TPSA) is 88.2 Å². The molecule has 0 atom stereocenters. The molecule has 0 aliphatic heterocycles. The molecule has 0 radical (unpaired) electrons. The van der Waals surface area contributed by atoms with Gasteiger partial charge < -0.3 is 5.32 Å². The van der Waals surface area contributed by atoms with E-state index in [4.69, 9.17) is 0 Å². The van der Waals surface area contributed by atoms with Crippen LogP contribution in [0.25, 0.3) is 10.9 Å². The highest BCUT2D eigenvalue weighted by Gasteiger charge is 2.14. The summed E-state index contributed by atoms with van der Waals surface area (Å²) in [5.74, 6) is -0.342. The number of fused-ring (bicyclic) bond motifs is 1. The summed E-state index contributed by atoms with van der Waals surface area (Å²) in [5, 5.41) is 3.64. The van der Waals surface area contributed by atoms with Gasteiger partial charge in [-0.2, -0.15) is 0 Å². The molecule has 0 saturated carbocycles. The van der Waals surface area contributed by atoms with Crippen LogP contribution in [0.2, 0.25) is 0 Å². The third-order valence-corrected chi connectivity index (χ3v) is 5.73. The van der Waals surface area contributed by atoms with Gasteiger partial charge in [0.1, 0.15) is 0 Å². The van der Waals surface area contributed by atoms with Gasteiger partial charge in [0.2, 0.25) is 10.0 Å². The van der Waals surface area contributed by atoms with Crippen LogP contribution >= 0.6 is 15.9 Å². The summed E-state index contributed by atoms with van der Waals surface area (Å²) in [6.07, 6.45) is 3.07. The van der Waals surface area contributed by atoms with Crippen LogP contribution < -0.4 is 10.0 Å². The number of nitrogens with one attached hydrogen (secondary N) is 2. The summed E-state index contributed by atoms with van der Waals surface area (Å²) in [5.41, 5.74) is 1.72. The van der Waals surface area contributed by atoms with Gasteiger partial charge in [0, 0.05) is 28.2 Å². The zero-order valence-electron chi connectivity index (χ0n) is 14.1. The van der Waals surface area contributed by atoms with E-state index in [-0.39, 0.29) is 17.3 Å². The lowest BCUT2D eigenvalue weighted by molar-refractivity contribution is 0.102. The zero-order valence-corrected chi connectivity index (χ0v) is 16.5. The lowest BCUT2D eigenvalue weighted by atomic mass is 10.1. The molecule has 1 aromatic heterocycles. The maximum Gasteiger partial charge on any atom is 0.255 e. The second-order valence-corrected chi connectivity index (χ2v) is 8.32. The number of sulfonamides is 1. The van der Waals surface area contributed by atoms with Gasteiger partial charge in [-0.1, -0.05) is 22.0 Å². The smallest absolute Gasteiger partial charge is 0.255 e. The molecule has 0 bridgehead atoms. The number of carbonyl (C=O) groups is 1. The number of hydrogen-bond donors (Lipinski definition) is 2.